The summed E-state index contributed by atoms with van der Waals surface area (Å²) in [6.07, 6.45) is 23.2. The topological polar surface area (TPSA) is 43.2 Å². The zero-order chi connectivity index (χ0) is 84.4. The van der Waals surface area contributed by atoms with Gasteiger partial charge in [0.15, 0.2) is 11.8 Å². The molecule has 0 amide bonds. The molecule has 4 nitrogen and oxygen atoms in total. The predicted molar refractivity (Wildman–Crippen MR) is 538 cm³/mol. The van der Waals surface area contributed by atoms with Crippen molar-refractivity contribution in [3.63, 3.8) is 0 Å². The summed E-state index contributed by atoms with van der Waals surface area (Å²) >= 11 is -0.691. The zero-order valence-corrected chi connectivity index (χ0v) is 85.5. The van der Waals surface area contributed by atoms with Crippen molar-refractivity contribution < 1.29 is 73.9 Å². The molecule has 0 bridgehead atoms. The first-order chi connectivity index (χ1) is 59.0. The van der Waals surface area contributed by atoms with Crippen molar-refractivity contribution in [3.8, 4) is 0 Å². The van der Waals surface area contributed by atoms with Crippen LogP contribution in [0.15, 0.2) is 374 Å². The zero-order valence-electron chi connectivity index (χ0n) is 71.3. The molecule has 6 atom stereocenters. The van der Waals surface area contributed by atoms with Crippen LogP contribution in [0.5, 0.6) is 0 Å². The minimum absolute atomic E-state index is 0. The third kappa shape index (κ3) is 36.6. The molecular formula is C104H122Cl4Fe2N2O2P6Ru2+2. The number of hydrogen-bond donors (Lipinski definition) is 0. The second-order valence-electron chi connectivity index (χ2n) is 30.7. The van der Waals surface area contributed by atoms with Gasteiger partial charge < -0.3 is 9.47 Å². The molecular weight excluding hydrogens is 1950 g/mol. The predicted octanol–water partition coefficient (Wildman–Crippen LogP) is 25.3. The molecule has 0 aromatic heterocycles. The monoisotopic (exact) mass is 2070 g/mol. The first kappa shape index (κ1) is 105. The Kier molecular flexibility index (Phi) is 53.8. The van der Waals surface area contributed by atoms with E-state index in [0.29, 0.717) is 23.9 Å². The van der Waals surface area contributed by atoms with Crippen LogP contribution in [-0.2, 0) is 73.9 Å². The number of hydrogen-bond acceptors (Lipinski definition) is 4. The van der Waals surface area contributed by atoms with E-state index in [1.54, 1.807) is 0 Å². The summed E-state index contributed by atoms with van der Waals surface area (Å²) in [7, 11) is 17.2. The van der Waals surface area contributed by atoms with Gasteiger partial charge in [0.1, 0.15) is 29.1 Å². The van der Waals surface area contributed by atoms with Gasteiger partial charge in [-0.3, -0.25) is 0 Å². The average molecular weight is 2070 g/mol. The van der Waals surface area contributed by atoms with Crippen LogP contribution in [-0.4, -0.2) is 75.1 Å². The molecule has 122 heavy (non-hydrogen) atoms. The van der Waals surface area contributed by atoms with Gasteiger partial charge in [-0.1, -0.05) is 398 Å². The summed E-state index contributed by atoms with van der Waals surface area (Å²) in [5.41, 5.74) is 1.78. The van der Waals surface area contributed by atoms with Crippen LogP contribution < -0.4 is 63.7 Å². The van der Waals surface area contributed by atoms with Gasteiger partial charge in [0, 0.05) is 53.4 Å². The Morgan fingerprint density at radius 3 is 0.680 bits per heavy atom. The normalized spacial score (nSPS) is 17.5. The molecule has 12 aromatic carbocycles. The SMILES string of the molecule is C1CCCC1.C1CCCC1.C[C@H]1COC(C2CCCC2P(C)C)=N1.C[C@H]1COC(C2CCCC2[PH+](C)C)=N1.[Cl][Ru][Cl].[Cl][Ru][Cl].[Fe].[Fe].c1ccc(P(c2ccccc2)c2ccccc2)cc1.c1ccc(P(c2ccccc2)c2ccccc2)cc1.c1ccc(P(c2ccccc2)c2ccccc2)cc1.c1ccc([PH+](c2ccccc2)c2ccccc2)cc1. The summed E-state index contributed by atoms with van der Waals surface area (Å²) in [6, 6.07) is 130. The van der Waals surface area contributed by atoms with Gasteiger partial charge in [0.2, 0.25) is 0 Å². The summed E-state index contributed by atoms with van der Waals surface area (Å²) < 4.78 is 11.4. The van der Waals surface area contributed by atoms with Gasteiger partial charge in [-0.25, -0.2) is 9.98 Å². The quantitative estimate of drug-likeness (QED) is 0.0715. The molecule has 4 fully saturated rings. The summed E-state index contributed by atoms with van der Waals surface area (Å²) in [5, 5.41) is 16.9. The minimum Gasteiger partial charge on any atom is -0.0622 e. The van der Waals surface area contributed by atoms with Crippen molar-refractivity contribution in [2.24, 2.45) is 21.8 Å². The minimum atomic E-state index is -0.877. The van der Waals surface area contributed by atoms with Gasteiger partial charge in [-0.2, -0.15) is 0 Å². The summed E-state index contributed by atoms with van der Waals surface area (Å²) in [5.74, 6) is 3.49. The molecule has 4 unspecified atom stereocenters. The van der Waals surface area contributed by atoms with Crippen molar-refractivity contribution in [1.29, 1.82) is 0 Å². The number of benzene rings is 12. The fraction of sp³-hybridized carbons (Fsp3) is 0.288. The molecule has 2 heterocycles. The summed E-state index contributed by atoms with van der Waals surface area (Å²) in [6.45, 7) is 15.5. The van der Waals surface area contributed by atoms with E-state index in [4.69, 9.17) is 48.2 Å². The molecule has 6 aliphatic rings. The Bertz CT molecular complexity index is 3740. The van der Waals surface area contributed by atoms with Crippen LogP contribution in [0.2, 0.25) is 0 Å². The largest absolute Gasteiger partial charge is 0.102 e. The van der Waals surface area contributed by atoms with Gasteiger partial charge in [-0.15, -0.1) is 7.92 Å². The van der Waals surface area contributed by atoms with Crippen LogP contribution in [0.25, 0.3) is 0 Å². The molecule has 648 valence electrons. The molecule has 0 radical (unpaired) electrons. The van der Waals surface area contributed by atoms with Crippen LogP contribution in [0, 0.1) is 11.8 Å². The van der Waals surface area contributed by atoms with E-state index in [9.17, 15) is 0 Å². The molecule has 18 rings (SSSR count). The second kappa shape index (κ2) is 62.7. The van der Waals surface area contributed by atoms with E-state index in [-0.39, 0.29) is 80.3 Å². The average Bonchev–Trinajstić information content (AvgIpc) is 1.81. The van der Waals surface area contributed by atoms with Crippen molar-refractivity contribution in [3.05, 3.63) is 364 Å². The van der Waals surface area contributed by atoms with E-state index in [1.165, 1.54) is 166 Å². The van der Waals surface area contributed by atoms with Crippen LogP contribution in [0.1, 0.15) is 117 Å². The third-order valence-corrected chi connectivity index (χ3v) is 35.7. The Morgan fingerprint density at radius 1 is 0.287 bits per heavy atom. The number of halogens is 4. The summed E-state index contributed by atoms with van der Waals surface area (Å²) in [4.78, 5) is 9.22. The number of ether oxygens (including phenoxy) is 2. The maximum atomic E-state index is 5.70. The molecule has 0 saturated heterocycles. The van der Waals surface area contributed by atoms with Crippen LogP contribution >= 0.6 is 86.3 Å². The fourth-order valence-electron chi connectivity index (χ4n) is 15.8. The van der Waals surface area contributed by atoms with Crippen LogP contribution in [0.4, 0.5) is 0 Å². The van der Waals surface area contributed by atoms with E-state index in [1.807, 2.05) is 0 Å². The fourth-order valence-corrected chi connectivity index (χ4v) is 28.9. The van der Waals surface area contributed by atoms with Crippen molar-refractivity contribution in [1.82, 2.24) is 0 Å². The number of aliphatic imine (C=N–C) groups is 2. The van der Waals surface area contributed by atoms with Gasteiger partial charge in [-0.05, 0) is 181 Å². The molecule has 0 N–H and O–H groups in total. The van der Waals surface area contributed by atoms with Crippen molar-refractivity contribution >= 4 is 162 Å². The van der Waals surface area contributed by atoms with Crippen LogP contribution in [0.3, 0.4) is 0 Å². The van der Waals surface area contributed by atoms with Crippen molar-refractivity contribution in [2.45, 2.75) is 140 Å². The molecule has 4 saturated carbocycles. The Balaban J connectivity index is 0.000000194. The molecule has 18 heteroatoms. The Hall–Kier alpha value is -4.39. The van der Waals surface area contributed by atoms with E-state index >= 15 is 0 Å². The molecule has 2 aliphatic heterocycles. The maximum Gasteiger partial charge on any atom is 0.102 e. The molecule has 4 aliphatic carbocycles. The molecule has 0 spiro atoms. The van der Waals surface area contributed by atoms with Crippen molar-refractivity contribution in [2.75, 3.05) is 39.9 Å². The van der Waals surface area contributed by atoms with E-state index < -0.39 is 31.7 Å². The maximum absolute atomic E-state index is 5.70. The first-order valence-corrected chi connectivity index (χ1v) is 61.8. The first-order valence-electron chi connectivity index (χ1n) is 42.5. The van der Waals surface area contributed by atoms with Gasteiger partial charge in [0.05, 0.1) is 31.6 Å². The smallest absolute Gasteiger partial charge is 0.0622 e. The second-order valence-corrected chi connectivity index (χ2v) is 50.6. The molecule has 12 aromatic rings. The Morgan fingerprint density at radius 2 is 0.484 bits per heavy atom. The van der Waals surface area contributed by atoms with E-state index in [2.05, 4.69) is 414 Å². The van der Waals surface area contributed by atoms with E-state index in [0.717, 1.165) is 36.3 Å². The Labute approximate surface area is 793 Å². The third-order valence-electron chi connectivity index (χ3n) is 21.5. The number of rotatable bonds is 16. The standard InChI is InChI=1S/4C18H15P.2C11H20NOP.2C5H10.4ClH.2Fe.2Ru/c4*1-4-10-16(11-5-1)19(17-12-6-2-7-13-17)18-14-8-3-9-15-18;2*1-8-7-13-11(12-8)9-5-4-6-10(9)14(2)3;2*1-2-4-5-3-1;;;;;;;;/h4*1-15H;2*8-10H,4-7H2,1-3H3;2*1-5H2;4*1H;;;;/q;;;;;;;;;;;;;;2*+2/p-2/t;;;;2*8-,9?,10?;;;;;;;;;;/m....00........../s1. The number of nitrogens with zero attached hydrogens (tertiary/aromatic N) is 2. The van der Waals surface area contributed by atoms with Gasteiger partial charge in [0.25, 0.3) is 0 Å². The van der Waals surface area contributed by atoms with Gasteiger partial charge >= 0.3 is 69.1 Å².